The Morgan fingerprint density at radius 2 is 1.89 bits per heavy atom. The topological polar surface area (TPSA) is 90.3 Å². The summed E-state index contributed by atoms with van der Waals surface area (Å²) in [6, 6.07) is 14.2. The minimum atomic E-state index is -0.388. The molecule has 3 aromatic rings. The number of aryl methyl sites for hydroxylation is 1. The van der Waals surface area contributed by atoms with E-state index in [2.05, 4.69) is 23.0 Å². The van der Waals surface area contributed by atoms with Gasteiger partial charge in [0.25, 0.3) is 0 Å². The molecule has 0 radical (unpaired) electrons. The molecule has 0 aliphatic carbocycles. The van der Waals surface area contributed by atoms with Crippen LogP contribution >= 0.6 is 0 Å². The van der Waals surface area contributed by atoms with Gasteiger partial charge in [0.1, 0.15) is 18.2 Å². The lowest BCUT2D eigenvalue weighted by molar-refractivity contribution is 0.412. The fraction of sp³-hybridized carbons (Fsp3) is 0.182. The first-order valence-electron chi connectivity index (χ1n) is 9.13. The smallest absolute Gasteiger partial charge is 0.188 e. The fourth-order valence-electron chi connectivity index (χ4n) is 3.42. The molecule has 0 spiro atoms. The summed E-state index contributed by atoms with van der Waals surface area (Å²) in [7, 11) is 1.63. The number of hydrogen-bond acceptors (Lipinski definition) is 6. The maximum Gasteiger partial charge on any atom is 0.188 e. The van der Waals surface area contributed by atoms with Gasteiger partial charge in [-0.15, -0.1) is 0 Å². The highest BCUT2D eigenvalue weighted by Crippen LogP contribution is 2.39. The first-order valence-corrected chi connectivity index (χ1v) is 9.13. The first kappa shape index (κ1) is 18.2. The molecule has 1 aliphatic heterocycles. The standard InChI is InChI=1S/C22H23N5O/c1-14-3-6-16(7-4-14)19-20(28-2)22(26-13-25-19)27-10-9-17-11-15(12-23)5-8-18(17)21(27)24/h3-11,13,21H,12,23-24H2,1-2H3. The van der Waals surface area contributed by atoms with Crippen molar-refractivity contribution >= 4 is 11.9 Å². The van der Waals surface area contributed by atoms with Crippen LogP contribution in [0.25, 0.3) is 17.3 Å². The Morgan fingerprint density at radius 1 is 1.11 bits per heavy atom. The van der Waals surface area contributed by atoms with E-state index in [9.17, 15) is 0 Å². The number of nitrogens with zero attached hydrogens (tertiary/aromatic N) is 3. The van der Waals surface area contributed by atoms with Crippen molar-refractivity contribution in [2.75, 3.05) is 12.0 Å². The van der Waals surface area contributed by atoms with Crippen molar-refractivity contribution in [3.63, 3.8) is 0 Å². The van der Waals surface area contributed by atoms with Gasteiger partial charge in [-0.25, -0.2) is 9.97 Å². The van der Waals surface area contributed by atoms with Gasteiger partial charge in [0.2, 0.25) is 0 Å². The number of rotatable bonds is 4. The zero-order valence-corrected chi connectivity index (χ0v) is 16.0. The lowest BCUT2D eigenvalue weighted by Crippen LogP contribution is -2.33. The molecule has 6 heteroatoms. The average molecular weight is 373 g/mol. The molecule has 2 aromatic carbocycles. The lowest BCUT2D eigenvalue weighted by Gasteiger charge is -2.32. The van der Waals surface area contributed by atoms with E-state index in [1.165, 1.54) is 5.56 Å². The van der Waals surface area contributed by atoms with Crippen LogP contribution in [0.3, 0.4) is 0 Å². The number of fused-ring (bicyclic) bond motifs is 1. The third-order valence-corrected chi connectivity index (χ3v) is 4.98. The van der Waals surface area contributed by atoms with Crippen LogP contribution in [0.5, 0.6) is 5.75 Å². The van der Waals surface area contributed by atoms with Gasteiger partial charge in [-0.3, -0.25) is 0 Å². The Bertz CT molecular complexity index is 1030. The number of nitrogens with two attached hydrogens (primary N) is 2. The zero-order valence-electron chi connectivity index (χ0n) is 16.0. The lowest BCUT2D eigenvalue weighted by atomic mass is 9.98. The fourth-order valence-corrected chi connectivity index (χ4v) is 3.42. The van der Waals surface area contributed by atoms with E-state index >= 15 is 0 Å². The van der Waals surface area contributed by atoms with Crippen molar-refractivity contribution in [2.24, 2.45) is 11.5 Å². The van der Waals surface area contributed by atoms with Gasteiger partial charge in [-0.05, 0) is 29.7 Å². The molecule has 142 valence electrons. The summed E-state index contributed by atoms with van der Waals surface area (Å²) in [5.41, 5.74) is 18.4. The van der Waals surface area contributed by atoms with Gasteiger partial charge >= 0.3 is 0 Å². The van der Waals surface area contributed by atoms with Gasteiger partial charge < -0.3 is 21.1 Å². The normalized spacial score (nSPS) is 15.4. The molecule has 0 saturated carbocycles. The number of hydrogen-bond donors (Lipinski definition) is 2. The molecule has 4 rings (SSSR count). The van der Waals surface area contributed by atoms with Crippen molar-refractivity contribution in [2.45, 2.75) is 19.6 Å². The highest BCUT2D eigenvalue weighted by Gasteiger charge is 2.26. The van der Waals surface area contributed by atoms with E-state index in [0.29, 0.717) is 18.1 Å². The summed E-state index contributed by atoms with van der Waals surface area (Å²) in [5.74, 6) is 1.22. The predicted octanol–water partition coefficient (Wildman–Crippen LogP) is 3.37. The Balaban J connectivity index is 1.78. The molecular weight excluding hydrogens is 350 g/mol. The van der Waals surface area contributed by atoms with Crippen molar-refractivity contribution in [3.05, 3.63) is 77.2 Å². The SMILES string of the molecule is COc1c(-c2ccc(C)cc2)ncnc1N1C=Cc2cc(CN)ccc2C1N. The Labute approximate surface area is 164 Å². The Kier molecular flexibility index (Phi) is 4.81. The summed E-state index contributed by atoms with van der Waals surface area (Å²) >= 11 is 0. The summed E-state index contributed by atoms with van der Waals surface area (Å²) in [5, 5.41) is 0. The quantitative estimate of drug-likeness (QED) is 0.729. The van der Waals surface area contributed by atoms with Gasteiger partial charge in [0.15, 0.2) is 11.6 Å². The van der Waals surface area contributed by atoms with Crippen molar-refractivity contribution in [1.29, 1.82) is 0 Å². The van der Waals surface area contributed by atoms with Crippen LogP contribution < -0.4 is 21.1 Å². The molecule has 0 bridgehead atoms. The summed E-state index contributed by atoms with van der Waals surface area (Å²) in [6.45, 7) is 2.55. The van der Waals surface area contributed by atoms with Crippen LogP contribution in [-0.2, 0) is 6.54 Å². The Hall–Kier alpha value is -3.22. The van der Waals surface area contributed by atoms with E-state index in [0.717, 1.165) is 27.9 Å². The van der Waals surface area contributed by atoms with E-state index < -0.39 is 0 Å². The minimum absolute atomic E-state index is 0.388. The average Bonchev–Trinajstić information content (AvgIpc) is 2.74. The minimum Gasteiger partial charge on any atom is -0.491 e. The molecule has 2 heterocycles. The third-order valence-electron chi connectivity index (χ3n) is 4.98. The van der Waals surface area contributed by atoms with Crippen LogP contribution in [0.2, 0.25) is 0 Å². The van der Waals surface area contributed by atoms with E-state index in [1.54, 1.807) is 13.4 Å². The molecule has 1 unspecified atom stereocenters. The molecule has 4 N–H and O–H groups in total. The molecule has 1 aliphatic rings. The van der Waals surface area contributed by atoms with Crippen molar-refractivity contribution in [3.8, 4) is 17.0 Å². The van der Waals surface area contributed by atoms with E-state index in [4.69, 9.17) is 16.2 Å². The third kappa shape index (κ3) is 3.13. The molecular formula is C22H23N5O. The highest BCUT2D eigenvalue weighted by atomic mass is 16.5. The molecule has 6 nitrogen and oxygen atoms in total. The van der Waals surface area contributed by atoms with Crippen molar-refractivity contribution < 1.29 is 4.74 Å². The van der Waals surface area contributed by atoms with Crippen LogP contribution in [0.15, 0.2) is 55.0 Å². The number of anilines is 1. The van der Waals surface area contributed by atoms with Crippen LogP contribution in [0, 0.1) is 6.92 Å². The number of aromatic nitrogens is 2. The molecule has 1 atom stereocenters. The second-order valence-electron chi connectivity index (χ2n) is 6.78. The first-order chi connectivity index (χ1) is 13.6. The zero-order chi connectivity index (χ0) is 19.7. The molecule has 0 saturated heterocycles. The number of benzene rings is 2. The maximum atomic E-state index is 6.57. The van der Waals surface area contributed by atoms with Crippen LogP contribution in [0.4, 0.5) is 5.82 Å². The largest absolute Gasteiger partial charge is 0.491 e. The predicted molar refractivity (Wildman–Crippen MR) is 112 cm³/mol. The summed E-state index contributed by atoms with van der Waals surface area (Å²) in [4.78, 5) is 10.8. The highest BCUT2D eigenvalue weighted by molar-refractivity contribution is 5.76. The molecule has 0 amide bonds. The Morgan fingerprint density at radius 3 is 2.61 bits per heavy atom. The van der Waals surface area contributed by atoms with Gasteiger partial charge in [0.05, 0.1) is 7.11 Å². The summed E-state index contributed by atoms with van der Waals surface area (Å²) < 4.78 is 5.71. The van der Waals surface area contributed by atoms with Crippen LogP contribution in [-0.4, -0.2) is 17.1 Å². The second kappa shape index (κ2) is 7.42. The monoisotopic (exact) mass is 373 g/mol. The van der Waals surface area contributed by atoms with Gasteiger partial charge in [-0.2, -0.15) is 0 Å². The van der Waals surface area contributed by atoms with E-state index in [-0.39, 0.29) is 6.17 Å². The number of methoxy groups -OCH3 is 1. The molecule has 1 aromatic heterocycles. The van der Waals surface area contributed by atoms with Crippen molar-refractivity contribution in [1.82, 2.24) is 9.97 Å². The summed E-state index contributed by atoms with van der Waals surface area (Å²) in [6.07, 6.45) is 5.10. The van der Waals surface area contributed by atoms with Gasteiger partial charge in [0, 0.05) is 18.3 Å². The van der Waals surface area contributed by atoms with E-state index in [1.807, 2.05) is 53.6 Å². The van der Waals surface area contributed by atoms with Crippen LogP contribution in [0.1, 0.15) is 28.4 Å². The molecule has 0 fully saturated rings. The molecule has 28 heavy (non-hydrogen) atoms. The second-order valence-corrected chi connectivity index (χ2v) is 6.78. The number of ether oxygens (including phenoxy) is 1. The van der Waals surface area contributed by atoms with Gasteiger partial charge in [-0.1, -0.05) is 48.0 Å². The maximum absolute atomic E-state index is 6.57.